The average molecular weight is 339 g/mol. The minimum Gasteiger partial charge on any atom is -0.328 e. The topological polar surface area (TPSA) is 43.6 Å². The molecule has 0 amide bonds. The van der Waals surface area contributed by atoms with E-state index in [1.54, 1.807) is 30.7 Å². The van der Waals surface area contributed by atoms with Crippen LogP contribution in [0.1, 0.15) is 0 Å². The second-order valence-corrected chi connectivity index (χ2v) is 5.74. The Labute approximate surface area is 142 Å². The van der Waals surface area contributed by atoms with Crippen molar-refractivity contribution in [1.82, 2.24) is 19.5 Å². The summed E-state index contributed by atoms with van der Waals surface area (Å²) in [4.78, 5) is 12.6. The van der Waals surface area contributed by atoms with E-state index in [9.17, 15) is 4.39 Å². The van der Waals surface area contributed by atoms with Crippen molar-refractivity contribution in [3.63, 3.8) is 0 Å². The first-order chi connectivity index (χ1) is 11.6. The van der Waals surface area contributed by atoms with Crippen LogP contribution in [0.3, 0.4) is 0 Å². The molecule has 3 aromatic heterocycles. The van der Waals surface area contributed by atoms with Gasteiger partial charge in [0.2, 0.25) is 5.28 Å². The summed E-state index contributed by atoms with van der Waals surface area (Å²) in [6.07, 6.45) is 5.19. The first-order valence-corrected chi connectivity index (χ1v) is 7.70. The van der Waals surface area contributed by atoms with Crippen LogP contribution < -0.4 is 0 Å². The molecular formula is C18H12ClFN4. The molecule has 24 heavy (non-hydrogen) atoms. The number of halogens is 2. The van der Waals surface area contributed by atoms with Crippen molar-refractivity contribution in [2.45, 2.75) is 0 Å². The number of rotatable bonds is 2. The van der Waals surface area contributed by atoms with E-state index in [1.165, 1.54) is 12.1 Å². The van der Waals surface area contributed by atoms with E-state index in [0.29, 0.717) is 0 Å². The van der Waals surface area contributed by atoms with Crippen molar-refractivity contribution in [3.05, 3.63) is 66.1 Å². The zero-order chi connectivity index (χ0) is 16.7. The fourth-order valence-electron chi connectivity index (χ4n) is 2.94. The SMILES string of the molecule is Cn1c(-c2ccc(F)cc2)c(-c2ccncc2)c2cnc(Cl)nc21. The highest BCUT2D eigenvalue weighted by Crippen LogP contribution is 2.39. The molecule has 0 unspecified atom stereocenters. The van der Waals surface area contributed by atoms with Crippen molar-refractivity contribution in [2.24, 2.45) is 7.05 Å². The number of aromatic nitrogens is 4. The summed E-state index contributed by atoms with van der Waals surface area (Å²) >= 11 is 5.97. The van der Waals surface area contributed by atoms with Gasteiger partial charge in [-0.1, -0.05) is 0 Å². The van der Waals surface area contributed by atoms with E-state index in [0.717, 1.165) is 33.4 Å². The van der Waals surface area contributed by atoms with E-state index in [2.05, 4.69) is 15.0 Å². The lowest BCUT2D eigenvalue weighted by Gasteiger charge is -2.08. The lowest BCUT2D eigenvalue weighted by Crippen LogP contribution is -1.94. The van der Waals surface area contributed by atoms with Crippen LogP contribution in [0, 0.1) is 5.82 Å². The molecule has 1 aromatic carbocycles. The van der Waals surface area contributed by atoms with Crippen LogP contribution in [0.4, 0.5) is 4.39 Å². The fourth-order valence-corrected chi connectivity index (χ4v) is 3.07. The van der Waals surface area contributed by atoms with Crippen LogP contribution in [0.25, 0.3) is 33.4 Å². The molecule has 0 radical (unpaired) electrons. The Morgan fingerprint density at radius 2 is 1.71 bits per heavy atom. The molecule has 3 heterocycles. The standard InChI is InChI=1S/C18H12ClFN4/c1-24-16(12-2-4-13(20)5-3-12)15(11-6-8-21-9-7-11)14-10-22-18(19)23-17(14)24/h2-10H,1H3. The highest BCUT2D eigenvalue weighted by atomic mass is 35.5. The molecule has 0 bridgehead atoms. The number of benzene rings is 1. The first kappa shape index (κ1) is 14.8. The molecule has 0 saturated carbocycles. The normalized spacial score (nSPS) is 11.1. The Hall–Kier alpha value is -2.79. The maximum absolute atomic E-state index is 13.3. The molecule has 0 aliphatic rings. The molecule has 4 rings (SSSR count). The number of hydrogen-bond donors (Lipinski definition) is 0. The third-order valence-corrected chi connectivity index (χ3v) is 4.17. The second-order valence-electron chi connectivity index (χ2n) is 5.40. The van der Waals surface area contributed by atoms with E-state index in [-0.39, 0.29) is 11.1 Å². The smallest absolute Gasteiger partial charge is 0.224 e. The van der Waals surface area contributed by atoms with Crippen LogP contribution in [-0.2, 0) is 7.05 Å². The third kappa shape index (κ3) is 2.34. The van der Waals surface area contributed by atoms with Crippen molar-refractivity contribution < 1.29 is 4.39 Å². The summed E-state index contributed by atoms with van der Waals surface area (Å²) in [5, 5.41) is 1.07. The maximum Gasteiger partial charge on any atom is 0.224 e. The predicted octanol–water partition coefficient (Wildman–Crippen LogP) is 4.49. The van der Waals surface area contributed by atoms with Gasteiger partial charge in [0.15, 0.2) is 0 Å². The average Bonchev–Trinajstić information content (AvgIpc) is 2.89. The zero-order valence-corrected chi connectivity index (χ0v) is 13.5. The molecule has 6 heteroatoms. The number of nitrogens with zero attached hydrogens (tertiary/aromatic N) is 4. The molecule has 4 nitrogen and oxygen atoms in total. The first-order valence-electron chi connectivity index (χ1n) is 7.32. The van der Waals surface area contributed by atoms with Crippen LogP contribution in [-0.4, -0.2) is 19.5 Å². The molecule has 0 N–H and O–H groups in total. The van der Waals surface area contributed by atoms with Crippen molar-refractivity contribution in [3.8, 4) is 22.4 Å². The quantitative estimate of drug-likeness (QED) is 0.506. The summed E-state index contributed by atoms with van der Waals surface area (Å²) in [6, 6.07) is 10.3. The Balaban J connectivity index is 2.11. The van der Waals surface area contributed by atoms with Gasteiger partial charge in [0.1, 0.15) is 11.5 Å². The van der Waals surface area contributed by atoms with E-state index < -0.39 is 0 Å². The summed E-state index contributed by atoms with van der Waals surface area (Å²) in [6.45, 7) is 0. The molecule has 0 saturated heterocycles. The molecule has 0 aliphatic heterocycles. The van der Waals surface area contributed by atoms with Crippen LogP contribution in [0.2, 0.25) is 5.28 Å². The molecule has 0 fully saturated rings. The Morgan fingerprint density at radius 1 is 1.00 bits per heavy atom. The maximum atomic E-state index is 13.3. The van der Waals surface area contributed by atoms with Gasteiger partial charge >= 0.3 is 0 Å². The van der Waals surface area contributed by atoms with Gasteiger partial charge in [-0.05, 0) is 59.1 Å². The molecule has 118 valence electrons. The zero-order valence-electron chi connectivity index (χ0n) is 12.7. The van der Waals surface area contributed by atoms with Gasteiger partial charge in [-0.3, -0.25) is 4.98 Å². The van der Waals surface area contributed by atoms with Crippen molar-refractivity contribution >= 4 is 22.6 Å². The van der Waals surface area contributed by atoms with Gasteiger partial charge in [0, 0.05) is 36.6 Å². The van der Waals surface area contributed by atoms with E-state index in [4.69, 9.17) is 11.6 Å². The lowest BCUT2D eigenvalue weighted by atomic mass is 10.0. The number of hydrogen-bond acceptors (Lipinski definition) is 3. The highest BCUT2D eigenvalue weighted by Gasteiger charge is 2.19. The van der Waals surface area contributed by atoms with Crippen LogP contribution in [0.5, 0.6) is 0 Å². The van der Waals surface area contributed by atoms with E-state index >= 15 is 0 Å². The summed E-state index contributed by atoms with van der Waals surface area (Å²) in [7, 11) is 1.91. The predicted molar refractivity (Wildman–Crippen MR) is 92.1 cm³/mol. The van der Waals surface area contributed by atoms with Gasteiger partial charge < -0.3 is 4.57 Å². The van der Waals surface area contributed by atoms with Gasteiger partial charge in [0.25, 0.3) is 0 Å². The highest BCUT2D eigenvalue weighted by molar-refractivity contribution is 6.28. The molecule has 0 atom stereocenters. The van der Waals surface area contributed by atoms with Gasteiger partial charge in [0.05, 0.1) is 5.69 Å². The van der Waals surface area contributed by atoms with Gasteiger partial charge in [-0.2, -0.15) is 4.98 Å². The molecule has 4 aromatic rings. The fraction of sp³-hybridized carbons (Fsp3) is 0.0556. The Morgan fingerprint density at radius 3 is 2.42 bits per heavy atom. The largest absolute Gasteiger partial charge is 0.328 e. The van der Waals surface area contributed by atoms with Crippen molar-refractivity contribution in [1.29, 1.82) is 0 Å². The number of fused-ring (bicyclic) bond motifs is 1. The lowest BCUT2D eigenvalue weighted by molar-refractivity contribution is 0.628. The Bertz CT molecular complexity index is 1030. The molecule has 0 aliphatic carbocycles. The number of aryl methyl sites for hydroxylation is 1. The second kappa shape index (κ2) is 5.69. The van der Waals surface area contributed by atoms with Gasteiger partial charge in [-0.15, -0.1) is 0 Å². The van der Waals surface area contributed by atoms with Crippen LogP contribution in [0.15, 0.2) is 55.0 Å². The van der Waals surface area contributed by atoms with Gasteiger partial charge in [-0.25, -0.2) is 9.37 Å². The van der Waals surface area contributed by atoms with Crippen LogP contribution >= 0.6 is 11.6 Å². The molecule has 0 spiro atoms. The summed E-state index contributed by atoms with van der Waals surface area (Å²) in [5.41, 5.74) is 4.49. The third-order valence-electron chi connectivity index (χ3n) is 3.99. The summed E-state index contributed by atoms with van der Waals surface area (Å²) in [5.74, 6) is -0.272. The minimum atomic E-state index is -0.272. The van der Waals surface area contributed by atoms with E-state index in [1.807, 2.05) is 23.7 Å². The summed E-state index contributed by atoms with van der Waals surface area (Å²) < 4.78 is 15.3. The molecular weight excluding hydrogens is 327 g/mol. The monoisotopic (exact) mass is 338 g/mol. The van der Waals surface area contributed by atoms with Crippen molar-refractivity contribution in [2.75, 3.05) is 0 Å². The number of pyridine rings is 1. The Kier molecular flexibility index (Phi) is 3.50. The minimum absolute atomic E-state index is 0.190.